The molecule has 2 atom stereocenters. The van der Waals surface area contributed by atoms with Crippen LogP contribution in [0.1, 0.15) is 73.1 Å². The van der Waals surface area contributed by atoms with Gasteiger partial charge in [-0.25, -0.2) is 0 Å². The molecule has 0 saturated carbocycles. The van der Waals surface area contributed by atoms with Gasteiger partial charge in [0.15, 0.2) is 0 Å². The van der Waals surface area contributed by atoms with Gasteiger partial charge in [-0.05, 0) is 65.5 Å². The van der Waals surface area contributed by atoms with E-state index in [0.29, 0.717) is 12.1 Å². The van der Waals surface area contributed by atoms with Crippen LogP contribution in [0.2, 0.25) is 0 Å². The van der Waals surface area contributed by atoms with Crippen molar-refractivity contribution in [1.29, 1.82) is 0 Å². The van der Waals surface area contributed by atoms with Crippen LogP contribution in [0, 0.1) is 5.92 Å². The van der Waals surface area contributed by atoms with Gasteiger partial charge in [-0.1, -0.05) is 26.7 Å². The normalized spacial score (nSPS) is 23.8. The zero-order valence-electron chi connectivity index (χ0n) is 13.9. The molecule has 1 rings (SSSR count). The lowest BCUT2D eigenvalue weighted by Gasteiger charge is -2.25. The van der Waals surface area contributed by atoms with Crippen molar-refractivity contribution in [2.24, 2.45) is 5.92 Å². The van der Waals surface area contributed by atoms with Crippen LogP contribution in [0.3, 0.4) is 0 Å². The van der Waals surface area contributed by atoms with E-state index >= 15 is 0 Å². The van der Waals surface area contributed by atoms with Gasteiger partial charge in [-0.3, -0.25) is 0 Å². The molecule has 1 fully saturated rings. The number of rotatable bonds is 7. The van der Waals surface area contributed by atoms with Crippen molar-refractivity contribution in [1.82, 2.24) is 10.2 Å². The van der Waals surface area contributed by atoms with Crippen molar-refractivity contribution in [2.75, 3.05) is 13.1 Å². The number of hydrogen-bond donors (Lipinski definition) is 1. The second-order valence-corrected chi connectivity index (χ2v) is 7.15. The number of nitrogens with zero attached hydrogens (tertiary/aromatic N) is 1. The van der Waals surface area contributed by atoms with Gasteiger partial charge in [0, 0.05) is 18.1 Å². The topological polar surface area (TPSA) is 15.3 Å². The summed E-state index contributed by atoms with van der Waals surface area (Å²) in [6.45, 7) is 14.2. The molecule has 0 aromatic carbocycles. The lowest BCUT2D eigenvalue weighted by atomic mass is 10.0. The van der Waals surface area contributed by atoms with Crippen LogP contribution in [0.5, 0.6) is 0 Å². The molecule has 0 amide bonds. The van der Waals surface area contributed by atoms with E-state index in [0.717, 1.165) is 12.0 Å². The number of nitrogens with one attached hydrogen (secondary N) is 1. The van der Waals surface area contributed by atoms with E-state index in [2.05, 4.69) is 44.8 Å². The van der Waals surface area contributed by atoms with Gasteiger partial charge in [0.2, 0.25) is 0 Å². The first-order chi connectivity index (χ1) is 8.99. The maximum atomic E-state index is 3.87. The monoisotopic (exact) mass is 268 g/mol. The summed E-state index contributed by atoms with van der Waals surface area (Å²) in [5, 5.41) is 3.87. The Balaban J connectivity index is 2.21. The van der Waals surface area contributed by atoms with Gasteiger partial charge >= 0.3 is 0 Å². The van der Waals surface area contributed by atoms with E-state index in [-0.39, 0.29) is 0 Å². The van der Waals surface area contributed by atoms with Gasteiger partial charge in [0.1, 0.15) is 0 Å². The summed E-state index contributed by atoms with van der Waals surface area (Å²) >= 11 is 0. The fourth-order valence-corrected chi connectivity index (χ4v) is 3.12. The average molecular weight is 268 g/mol. The van der Waals surface area contributed by atoms with E-state index in [1.165, 1.54) is 51.6 Å². The minimum absolute atomic E-state index is 0.689. The Hall–Kier alpha value is -0.0800. The molecule has 114 valence electrons. The maximum Gasteiger partial charge on any atom is 0.00821 e. The quantitative estimate of drug-likeness (QED) is 0.749. The fraction of sp³-hybridized carbons (Fsp3) is 1.00. The predicted molar refractivity (Wildman–Crippen MR) is 85.6 cm³/mol. The number of hydrogen-bond acceptors (Lipinski definition) is 2. The third-order valence-electron chi connectivity index (χ3n) is 4.43. The van der Waals surface area contributed by atoms with Crippen molar-refractivity contribution in [3.63, 3.8) is 0 Å². The van der Waals surface area contributed by atoms with Gasteiger partial charge < -0.3 is 10.2 Å². The highest BCUT2D eigenvalue weighted by atomic mass is 15.1. The molecule has 0 bridgehead atoms. The first-order valence-corrected chi connectivity index (χ1v) is 8.49. The van der Waals surface area contributed by atoms with E-state index < -0.39 is 0 Å². The zero-order chi connectivity index (χ0) is 14.3. The van der Waals surface area contributed by atoms with Crippen LogP contribution in [-0.4, -0.2) is 36.1 Å². The fourth-order valence-electron chi connectivity index (χ4n) is 3.12. The molecule has 0 radical (unpaired) electrons. The third-order valence-corrected chi connectivity index (χ3v) is 4.43. The molecule has 2 unspecified atom stereocenters. The van der Waals surface area contributed by atoms with Gasteiger partial charge in [-0.15, -0.1) is 0 Å². The summed E-state index contributed by atoms with van der Waals surface area (Å²) in [5.41, 5.74) is 0. The zero-order valence-corrected chi connectivity index (χ0v) is 13.9. The molecular formula is C17H36N2. The molecule has 1 saturated heterocycles. The van der Waals surface area contributed by atoms with Crippen molar-refractivity contribution in [3.05, 3.63) is 0 Å². The lowest BCUT2D eigenvalue weighted by molar-refractivity contribution is 0.228. The molecule has 0 aromatic rings. The molecular weight excluding hydrogens is 232 g/mol. The molecule has 0 spiro atoms. The molecule has 2 nitrogen and oxygen atoms in total. The Labute approximate surface area is 121 Å². The Bertz CT molecular complexity index is 225. The molecule has 19 heavy (non-hydrogen) atoms. The van der Waals surface area contributed by atoms with E-state index in [9.17, 15) is 0 Å². The highest BCUT2D eigenvalue weighted by Gasteiger charge is 2.19. The molecule has 1 aliphatic rings. The Kier molecular flexibility index (Phi) is 8.01. The van der Waals surface area contributed by atoms with E-state index in [1.807, 2.05) is 0 Å². The van der Waals surface area contributed by atoms with Crippen molar-refractivity contribution < 1.29 is 0 Å². The standard InChI is InChI=1S/C17H36N2/c1-14(2)8-6-9-16(5)18-17-10-7-12-19(13-11-17)15(3)4/h14-18H,6-13H2,1-5H3. The first kappa shape index (κ1) is 17.0. The minimum Gasteiger partial charge on any atom is -0.311 e. The average Bonchev–Trinajstić information content (AvgIpc) is 2.54. The first-order valence-electron chi connectivity index (χ1n) is 8.49. The van der Waals surface area contributed by atoms with Crippen LogP contribution in [0.15, 0.2) is 0 Å². The SMILES string of the molecule is CC(C)CCCC(C)NC1CCCN(C(C)C)CC1. The third kappa shape index (κ3) is 7.31. The molecule has 1 N–H and O–H groups in total. The lowest BCUT2D eigenvalue weighted by Crippen LogP contribution is -2.38. The Morgan fingerprint density at radius 2 is 1.74 bits per heavy atom. The van der Waals surface area contributed by atoms with Crippen molar-refractivity contribution in [3.8, 4) is 0 Å². The highest BCUT2D eigenvalue weighted by molar-refractivity contribution is 4.78. The molecule has 1 heterocycles. The summed E-state index contributed by atoms with van der Waals surface area (Å²) in [4.78, 5) is 2.63. The molecule has 0 aliphatic carbocycles. The Morgan fingerprint density at radius 3 is 2.37 bits per heavy atom. The van der Waals surface area contributed by atoms with Crippen LogP contribution in [0.4, 0.5) is 0 Å². The number of likely N-dealkylation sites (tertiary alicyclic amines) is 1. The maximum absolute atomic E-state index is 3.87. The minimum atomic E-state index is 0.689. The summed E-state index contributed by atoms with van der Waals surface area (Å²) in [7, 11) is 0. The van der Waals surface area contributed by atoms with Crippen molar-refractivity contribution in [2.45, 2.75) is 91.3 Å². The Morgan fingerprint density at radius 1 is 1.00 bits per heavy atom. The molecule has 2 heteroatoms. The van der Waals surface area contributed by atoms with Crippen LogP contribution >= 0.6 is 0 Å². The van der Waals surface area contributed by atoms with E-state index in [4.69, 9.17) is 0 Å². The summed E-state index contributed by atoms with van der Waals surface area (Å²) in [6.07, 6.45) is 8.12. The van der Waals surface area contributed by atoms with Crippen LogP contribution < -0.4 is 5.32 Å². The molecule has 0 aromatic heterocycles. The van der Waals surface area contributed by atoms with Gasteiger partial charge in [0.25, 0.3) is 0 Å². The van der Waals surface area contributed by atoms with Gasteiger partial charge in [0.05, 0.1) is 0 Å². The smallest absolute Gasteiger partial charge is 0.00821 e. The largest absolute Gasteiger partial charge is 0.311 e. The van der Waals surface area contributed by atoms with Crippen molar-refractivity contribution >= 4 is 0 Å². The summed E-state index contributed by atoms with van der Waals surface area (Å²) in [5.74, 6) is 0.852. The van der Waals surface area contributed by atoms with Gasteiger partial charge in [-0.2, -0.15) is 0 Å². The summed E-state index contributed by atoms with van der Waals surface area (Å²) < 4.78 is 0. The van der Waals surface area contributed by atoms with Crippen LogP contribution in [-0.2, 0) is 0 Å². The summed E-state index contributed by atoms with van der Waals surface area (Å²) in [6, 6.07) is 2.15. The predicted octanol–water partition coefficient (Wildman–Crippen LogP) is 4.05. The second-order valence-electron chi connectivity index (χ2n) is 7.15. The molecule has 1 aliphatic heterocycles. The van der Waals surface area contributed by atoms with E-state index in [1.54, 1.807) is 0 Å². The highest BCUT2D eigenvalue weighted by Crippen LogP contribution is 2.15. The second kappa shape index (κ2) is 8.97. The van der Waals surface area contributed by atoms with Crippen LogP contribution in [0.25, 0.3) is 0 Å².